The van der Waals surface area contributed by atoms with Crippen LogP contribution in [0.2, 0.25) is 5.15 Å². The van der Waals surface area contributed by atoms with Crippen molar-refractivity contribution in [2.24, 2.45) is 0 Å². The van der Waals surface area contributed by atoms with Gasteiger partial charge in [-0.2, -0.15) is 0 Å². The number of rotatable bonds is 1. The molecule has 0 saturated heterocycles. The van der Waals surface area contributed by atoms with Crippen LogP contribution in [0.25, 0.3) is 0 Å². The van der Waals surface area contributed by atoms with Crippen molar-refractivity contribution >= 4 is 52.4 Å². The minimum atomic E-state index is -1.75. The third-order valence-electron chi connectivity index (χ3n) is 1.60. The molecule has 1 aromatic heterocycles. The smallest absolute Gasteiger partial charge is 0.341 e. The van der Waals surface area contributed by atoms with Crippen LogP contribution in [0.15, 0.2) is 12.3 Å². The van der Waals surface area contributed by atoms with E-state index >= 15 is 0 Å². The summed E-state index contributed by atoms with van der Waals surface area (Å²) < 4.78 is 2.76. The monoisotopic (exact) mass is 287 g/mol. The number of alkyl halides is 3. The molecule has 0 saturated carbocycles. The zero-order valence-corrected chi connectivity index (χ0v) is 10.5. The Kier molecular flexibility index (Phi) is 4.06. The highest BCUT2D eigenvalue weighted by atomic mass is 35.6. The van der Waals surface area contributed by atoms with Gasteiger partial charge in [0.2, 0.25) is 3.79 Å². The van der Waals surface area contributed by atoms with Gasteiger partial charge in [0.25, 0.3) is 0 Å². The van der Waals surface area contributed by atoms with E-state index in [-0.39, 0.29) is 16.3 Å². The van der Waals surface area contributed by atoms with Crippen LogP contribution in [0.5, 0.6) is 0 Å². The number of carbonyl (C=O) groups is 1. The van der Waals surface area contributed by atoms with Crippen molar-refractivity contribution in [3.63, 3.8) is 0 Å². The van der Waals surface area contributed by atoms with Crippen molar-refractivity contribution in [3.8, 4) is 0 Å². The van der Waals surface area contributed by atoms with Crippen LogP contribution in [0, 0.1) is 0 Å². The Hall–Kier alpha value is -0.220. The first kappa shape index (κ1) is 12.8. The topological polar surface area (TPSA) is 39.2 Å². The lowest BCUT2D eigenvalue weighted by Gasteiger charge is -2.15. The number of aromatic nitrogens is 1. The van der Waals surface area contributed by atoms with Crippen LogP contribution in [-0.2, 0) is 8.53 Å². The van der Waals surface area contributed by atoms with Crippen LogP contribution in [0.4, 0.5) is 0 Å². The molecule has 3 nitrogen and oxygen atoms in total. The molecule has 0 spiro atoms. The lowest BCUT2D eigenvalue weighted by Crippen LogP contribution is -2.13. The average molecular weight is 289 g/mol. The maximum absolute atomic E-state index is 11.4. The average Bonchev–Trinajstić information content (AvgIpc) is 2.15. The molecule has 0 atom stereocenters. The van der Waals surface area contributed by atoms with E-state index in [9.17, 15) is 4.79 Å². The predicted molar refractivity (Wildman–Crippen MR) is 59.8 cm³/mol. The second-order valence-corrected chi connectivity index (χ2v) is 5.15. The first-order valence-electron chi connectivity index (χ1n) is 3.68. The number of esters is 1. The molecule has 0 aliphatic rings. The highest BCUT2D eigenvalue weighted by molar-refractivity contribution is 6.67. The highest BCUT2D eigenvalue weighted by Crippen LogP contribution is 2.41. The van der Waals surface area contributed by atoms with E-state index in [4.69, 9.17) is 46.4 Å². The quantitative estimate of drug-likeness (QED) is 0.452. The van der Waals surface area contributed by atoms with Gasteiger partial charge in [-0.15, -0.1) is 0 Å². The van der Waals surface area contributed by atoms with Gasteiger partial charge in [-0.1, -0.05) is 46.4 Å². The van der Waals surface area contributed by atoms with Gasteiger partial charge in [0.1, 0.15) is 10.7 Å². The molecule has 1 heterocycles. The molecule has 0 aliphatic heterocycles. The van der Waals surface area contributed by atoms with Crippen LogP contribution < -0.4 is 0 Å². The number of pyridine rings is 1. The zero-order chi connectivity index (χ0) is 11.6. The van der Waals surface area contributed by atoms with E-state index in [0.29, 0.717) is 0 Å². The number of ether oxygens (including phenoxy) is 1. The molecule has 1 rings (SSSR count). The minimum Gasteiger partial charge on any atom is -0.465 e. The maximum atomic E-state index is 11.4. The van der Waals surface area contributed by atoms with Crippen LogP contribution in [0.3, 0.4) is 0 Å². The van der Waals surface area contributed by atoms with Gasteiger partial charge in [0.15, 0.2) is 0 Å². The van der Waals surface area contributed by atoms with Crippen molar-refractivity contribution in [3.05, 3.63) is 28.5 Å². The number of nitrogens with zero attached hydrogens (tertiary/aromatic N) is 1. The van der Waals surface area contributed by atoms with Gasteiger partial charge < -0.3 is 4.74 Å². The van der Waals surface area contributed by atoms with Crippen molar-refractivity contribution in [1.82, 2.24) is 4.98 Å². The second kappa shape index (κ2) is 4.74. The normalized spacial score (nSPS) is 11.3. The fourth-order valence-electron chi connectivity index (χ4n) is 0.969. The van der Waals surface area contributed by atoms with E-state index in [1.807, 2.05) is 0 Å². The minimum absolute atomic E-state index is 0.0401. The summed E-state index contributed by atoms with van der Waals surface area (Å²) in [7, 11) is 1.20. The van der Waals surface area contributed by atoms with Crippen LogP contribution in [-0.4, -0.2) is 18.1 Å². The van der Waals surface area contributed by atoms with Gasteiger partial charge in [-0.3, -0.25) is 0 Å². The molecule has 82 valence electrons. The Morgan fingerprint density at radius 2 is 2.07 bits per heavy atom. The van der Waals surface area contributed by atoms with Crippen molar-refractivity contribution in [1.29, 1.82) is 0 Å². The Labute approximate surface area is 106 Å². The standard InChI is InChI=1S/C8H5Cl4NO2/c1-15-7(14)5-4(8(10,11)12)2-3-13-6(5)9/h2-3H,1H3. The molecule has 7 heteroatoms. The predicted octanol–water partition coefficient (Wildman–Crippen LogP) is 3.35. The zero-order valence-electron chi connectivity index (χ0n) is 7.43. The fraction of sp³-hybridized carbons (Fsp3) is 0.250. The lowest BCUT2D eigenvalue weighted by atomic mass is 10.1. The number of hydrogen-bond donors (Lipinski definition) is 0. The largest absolute Gasteiger partial charge is 0.465 e. The van der Waals surface area contributed by atoms with Crippen molar-refractivity contribution in [2.75, 3.05) is 7.11 Å². The highest BCUT2D eigenvalue weighted by Gasteiger charge is 2.31. The summed E-state index contributed by atoms with van der Waals surface area (Å²) in [5.74, 6) is -0.700. The van der Waals surface area contributed by atoms with E-state index in [1.54, 1.807) is 0 Å². The summed E-state index contributed by atoms with van der Waals surface area (Å²) in [6, 6.07) is 1.39. The molecule has 0 bridgehead atoms. The number of hydrogen-bond acceptors (Lipinski definition) is 3. The summed E-state index contributed by atoms with van der Waals surface area (Å²) in [5, 5.41) is -0.0642. The summed E-state index contributed by atoms with van der Waals surface area (Å²) in [4.78, 5) is 15.1. The molecule has 1 aromatic rings. The molecule has 0 aliphatic carbocycles. The summed E-state index contributed by atoms with van der Waals surface area (Å²) in [5.41, 5.74) is 0.0982. The third kappa shape index (κ3) is 2.88. The first-order valence-corrected chi connectivity index (χ1v) is 5.19. The summed E-state index contributed by atoms with van der Waals surface area (Å²) in [6.07, 6.45) is 1.34. The molecule has 0 unspecified atom stereocenters. The van der Waals surface area contributed by atoms with Crippen LogP contribution >= 0.6 is 46.4 Å². The third-order valence-corrected chi connectivity index (χ3v) is 2.50. The van der Waals surface area contributed by atoms with Gasteiger partial charge in [-0.05, 0) is 6.07 Å². The molecule has 15 heavy (non-hydrogen) atoms. The van der Waals surface area contributed by atoms with E-state index in [2.05, 4.69) is 9.72 Å². The Morgan fingerprint density at radius 1 is 1.47 bits per heavy atom. The molecule has 0 amide bonds. The second-order valence-electron chi connectivity index (χ2n) is 2.51. The van der Waals surface area contributed by atoms with Crippen LogP contribution in [0.1, 0.15) is 15.9 Å². The summed E-state index contributed by atoms with van der Waals surface area (Å²) in [6.45, 7) is 0. The summed E-state index contributed by atoms with van der Waals surface area (Å²) >= 11 is 22.7. The van der Waals surface area contributed by atoms with E-state index in [1.165, 1.54) is 19.4 Å². The molecular formula is C8H5Cl4NO2. The maximum Gasteiger partial charge on any atom is 0.341 e. The molecular weight excluding hydrogens is 284 g/mol. The Bertz CT molecular complexity index is 389. The van der Waals surface area contributed by atoms with Gasteiger partial charge in [-0.25, -0.2) is 9.78 Å². The van der Waals surface area contributed by atoms with Gasteiger partial charge in [0.05, 0.1) is 7.11 Å². The molecule has 0 N–H and O–H groups in total. The first-order chi connectivity index (χ1) is 6.88. The molecule has 0 fully saturated rings. The lowest BCUT2D eigenvalue weighted by molar-refractivity contribution is 0.0599. The number of carbonyl (C=O) groups excluding carboxylic acids is 1. The van der Waals surface area contributed by atoms with Crippen molar-refractivity contribution < 1.29 is 9.53 Å². The van der Waals surface area contributed by atoms with E-state index in [0.717, 1.165) is 0 Å². The number of methoxy groups -OCH3 is 1. The molecule has 0 radical (unpaired) electrons. The van der Waals surface area contributed by atoms with Gasteiger partial charge in [0, 0.05) is 11.8 Å². The van der Waals surface area contributed by atoms with Crippen molar-refractivity contribution in [2.45, 2.75) is 3.79 Å². The Morgan fingerprint density at radius 3 is 2.53 bits per heavy atom. The van der Waals surface area contributed by atoms with E-state index < -0.39 is 9.76 Å². The Balaban J connectivity index is 3.40. The SMILES string of the molecule is COC(=O)c1c(C(Cl)(Cl)Cl)ccnc1Cl. The number of halogens is 4. The molecule has 0 aromatic carbocycles. The fourth-order valence-corrected chi connectivity index (χ4v) is 1.68. The van der Waals surface area contributed by atoms with Gasteiger partial charge >= 0.3 is 5.97 Å².